The number of pyridine rings is 1. The van der Waals surface area contributed by atoms with Crippen molar-refractivity contribution >= 4 is 40.7 Å². The summed E-state index contributed by atoms with van der Waals surface area (Å²) in [5.41, 5.74) is 7.81. The Morgan fingerprint density at radius 1 is 1.00 bits per heavy atom. The predicted octanol–water partition coefficient (Wildman–Crippen LogP) is 3.99. The molecule has 3 N–H and O–H groups in total. The largest absolute Gasteiger partial charge is 0.366 e. The zero-order chi connectivity index (χ0) is 22.0. The van der Waals surface area contributed by atoms with Gasteiger partial charge in [0.2, 0.25) is 5.91 Å². The number of amides is 2. The van der Waals surface area contributed by atoms with Crippen LogP contribution in [0.5, 0.6) is 0 Å². The third-order valence-electron chi connectivity index (χ3n) is 4.41. The van der Waals surface area contributed by atoms with Gasteiger partial charge in [-0.3, -0.25) is 9.59 Å². The van der Waals surface area contributed by atoms with E-state index in [0.29, 0.717) is 22.6 Å². The summed E-state index contributed by atoms with van der Waals surface area (Å²) >= 11 is 12.5. The van der Waals surface area contributed by atoms with Gasteiger partial charge in [-0.1, -0.05) is 47.5 Å². The smallest absolute Gasteiger partial charge is 0.255 e. The summed E-state index contributed by atoms with van der Waals surface area (Å²) in [6.45, 7) is 0. The van der Waals surface area contributed by atoms with E-state index in [1.54, 1.807) is 48.5 Å². The number of hydrogen-bond acceptors (Lipinski definition) is 5. The Balaban J connectivity index is 1.52. The van der Waals surface area contributed by atoms with Gasteiger partial charge in [0.25, 0.3) is 5.91 Å². The first-order valence-corrected chi connectivity index (χ1v) is 9.72. The quantitative estimate of drug-likeness (QED) is 0.474. The number of anilines is 1. The van der Waals surface area contributed by atoms with Crippen LogP contribution in [-0.4, -0.2) is 31.8 Å². The zero-order valence-corrected chi connectivity index (χ0v) is 17.3. The number of nitrogens with zero attached hydrogens (tertiary/aromatic N) is 4. The monoisotopic (exact) mass is 452 g/mol. The number of nitrogens with two attached hydrogens (primary N) is 1. The lowest BCUT2D eigenvalue weighted by Gasteiger charge is -2.10. The van der Waals surface area contributed by atoms with E-state index < -0.39 is 5.91 Å². The number of rotatable bonds is 5. The lowest BCUT2D eigenvalue weighted by molar-refractivity contribution is 0.0997. The van der Waals surface area contributed by atoms with Gasteiger partial charge in [0.15, 0.2) is 5.82 Å². The Kier molecular flexibility index (Phi) is 5.66. The Hall–Kier alpha value is -3.75. The molecule has 0 bridgehead atoms. The minimum absolute atomic E-state index is 0.235. The molecule has 8 nitrogen and oxygen atoms in total. The van der Waals surface area contributed by atoms with Crippen LogP contribution in [0.25, 0.3) is 16.9 Å². The lowest BCUT2D eigenvalue weighted by Crippen LogP contribution is -2.13. The minimum atomic E-state index is -0.607. The number of carbonyl (C=O) groups excluding carboxylic acids is 2. The molecule has 154 valence electrons. The molecule has 0 fully saturated rings. The van der Waals surface area contributed by atoms with Crippen molar-refractivity contribution in [2.45, 2.75) is 0 Å². The molecular weight excluding hydrogens is 439 g/mol. The highest BCUT2D eigenvalue weighted by molar-refractivity contribution is 6.36. The van der Waals surface area contributed by atoms with Crippen molar-refractivity contribution in [2.75, 3.05) is 5.32 Å². The number of halogens is 2. The first-order chi connectivity index (χ1) is 14.9. The van der Waals surface area contributed by atoms with Gasteiger partial charge in [0.1, 0.15) is 0 Å². The molecular formula is C21H14Cl2N6O2. The van der Waals surface area contributed by atoms with Crippen molar-refractivity contribution in [1.82, 2.24) is 20.0 Å². The molecule has 31 heavy (non-hydrogen) atoms. The number of aromatic nitrogens is 4. The minimum Gasteiger partial charge on any atom is -0.366 e. The van der Waals surface area contributed by atoms with Gasteiger partial charge >= 0.3 is 0 Å². The summed E-state index contributed by atoms with van der Waals surface area (Å²) in [5, 5.41) is 11.2. The second kappa shape index (κ2) is 8.55. The van der Waals surface area contributed by atoms with Crippen LogP contribution in [0, 0.1) is 0 Å². The Labute approximate surface area is 186 Å². The van der Waals surface area contributed by atoms with Crippen LogP contribution < -0.4 is 11.1 Å². The lowest BCUT2D eigenvalue weighted by atomic mass is 10.0. The highest BCUT2D eigenvalue weighted by atomic mass is 35.5. The third-order valence-corrected chi connectivity index (χ3v) is 5.10. The highest BCUT2D eigenvalue weighted by Gasteiger charge is 2.14. The summed E-state index contributed by atoms with van der Waals surface area (Å²) in [4.78, 5) is 29.6. The highest BCUT2D eigenvalue weighted by Crippen LogP contribution is 2.31. The van der Waals surface area contributed by atoms with Gasteiger partial charge in [0, 0.05) is 11.1 Å². The Morgan fingerprint density at radius 3 is 2.35 bits per heavy atom. The summed E-state index contributed by atoms with van der Waals surface area (Å²) < 4.78 is 0. The van der Waals surface area contributed by atoms with Crippen molar-refractivity contribution in [1.29, 1.82) is 0 Å². The van der Waals surface area contributed by atoms with E-state index >= 15 is 0 Å². The van der Waals surface area contributed by atoms with Gasteiger partial charge in [-0.25, -0.2) is 4.98 Å². The van der Waals surface area contributed by atoms with Crippen molar-refractivity contribution < 1.29 is 9.59 Å². The number of nitrogens with one attached hydrogen (secondary N) is 1. The zero-order valence-electron chi connectivity index (χ0n) is 15.8. The molecule has 4 rings (SSSR count). The first kappa shape index (κ1) is 20.5. The number of carbonyl (C=O) groups is 2. The van der Waals surface area contributed by atoms with Crippen LogP contribution in [0.1, 0.15) is 20.7 Å². The van der Waals surface area contributed by atoms with E-state index in [1.165, 1.54) is 23.4 Å². The number of hydrogen-bond donors (Lipinski definition) is 2. The molecule has 0 saturated heterocycles. The number of primary amides is 1. The maximum atomic E-state index is 12.6. The SMILES string of the molecule is NC(=O)c1cccc(-c2ccc(C(=O)Nc3cnc(-n4nccn4)c(Cl)c3)cc2)c1Cl. The van der Waals surface area contributed by atoms with Crippen molar-refractivity contribution in [3.05, 3.63) is 88.3 Å². The van der Waals surface area contributed by atoms with Gasteiger partial charge < -0.3 is 11.1 Å². The molecule has 2 heterocycles. The van der Waals surface area contributed by atoms with E-state index in [1.807, 2.05) is 0 Å². The molecule has 0 atom stereocenters. The molecule has 0 saturated carbocycles. The first-order valence-electron chi connectivity index (χ1n) is 8.96. The third kappa shape index (κ3) is 4.25. The molecule has 0 spiro atoms. The van der Waals surface area contributed by atoms with Gasteiger partial charge in [-0.05, 0) is 29.8 Å². The molecule has 2 aromatic carbocycles. The topological polar surface area (TPSA) is 116 Å². The summed E-state index contributed by atoms with van der Waals surface area (Å²) in [5.74, 6) is -0.597. The van der Waals surface area contributed by atoms with Crippen molar-refractivity contribution in [3.8, 4) is 16.9 Å². The van der Waals surface area contributed by atoms with E-state index in [4.69, 9.17) is 28.9 Å². The average molecular weight is 453 g/mol. The van der Waals surface area contributed by atoms with Crippen molar-refractivity contribution in [2.24, 2.45) is 5.73 Å². The fourth-order valence-corrected chi connectivity index (χ4v) is 3.49. The molecule has 0 radical (unpaired) electrons. The maximum Gasteiger partial charge on any atom is 0.255 e. The predicted molar refractivity (Wildman–Crippen MR) is 118 cm³/mol. The maximum absolute atomic E-state index is 12.6. The van der Waals surface area contributed by atoms with Crippen LogP contribution in [-0.2, 0) is 0 Å². The second-order valence-electron chi connectivity index (χ2n) is 6.41. The van der Waals surface area contributed by atoms with E-state index in [-0.39, 0.29) is 21.5 Å². The molecule has 0 unspecified atom stereocenters. The van der Waals surface area contributed by atoms with Crippen LogP contribution in [0.3, 0.4) is 0 Å². The molecule has 2 amide bonds. The van der Waals surface area contributed by atoms with Gasteiger partial charge in [-0.15, -0.1) is 4.80 Å². The summed E-state index contributed by atoms with van der Waals surface area (Å²) in [6.07, 6.45) is 4.48. The molecule has 2 aromatic heterocycles. The van der Waals surface area contributed by atoms with Crippen molar-refractivity contribution in [3.63, 3.8) is 0 Å². The van der Waals surface area contributed by atoms with Gasteiger partial charge in [-0.2, -0.15) is 10.2 Å². The summed E-state index contributed by atoms with van der Waals surface area (Å²) in [6, 6.07) is 13.4. The standard InChI is InChI=1S/C21H14Cl2N6O2/c22-17-10-14(11-25-20(17)29-26-8-9-27-29)28-21(31)13-6-4-12(5-7-13)15-2-1-3-16(18(15)23)19(24)30/h1-11H,(H2,24,30)(H,28,31). The van der Waals surface area contributed by atoms with Crippen LogP contribution >= 0.6 is 23.2 Å². The molecule has 0 aliphatic carbocycles. The molecule has 4 aromatic rings. The van der Waals surface area contributed by atoms with E-state index in [0.717, 1.165) is 5.56 Å². The normalized spacial score (nSPS) is 10.6. The molecule has 10 heteroatoms. The number of benzene rings is 2. The summed E-state index contributed by atoms with van der Waals surface area (Å²) in [7, 11) is 0. The molecule has 0 aliphatic heterocycles. The Morgan fingerprint density at radius 2 is 1.71 bits per heavy atom. The van der Waals surface area contributed by atoms with Crippen LogP contribution in [0.4, 0.5) is 5.69 Å². The Bertz CT molecular complexity index is 1270. The van der Waals surface area contributed by atoms with E-state index in [9.17, 15) is 9.59 Å². The average Bonchev–Trinajstić information content (AvgIpc) is 3.28. The van der Waals surface area contributed by atoms with E-state index in [2.05, 4.69) is 20.5 Å². The van der Waals surface area contributed by atoms with Crippen LogP contribution in [0.2, 0.25) is 10.0 Å². The van der Waals surface area contributed by atoms with Crippen LogP contribution in [0.15, 0.2) is 67.1 Å². The second-order valence-corrected chi connectivity index (χ2v) is 7.20. The fourth-order valence-electron chi connectivity index (χ4n) is 2.92. The molecule has 0 aliphatic rings. The fraction of sp³-hybridized carbons (Fsp3) is 0. The van der Waals surface area contributed by atoms with Gasteiger partial charge in [0.05, 0.1) is 39.9 Å².